The van der Waals surface area contributed by atoms with Crippen LogP contribution in [0.2, 0.25) is 0 Å². The smallest absolute Gasteiger partial charge is 0.224 e. The van der Waals surface area contributed by atoms with E-state index in [0.717, 1.165) is 24.0 Å². The predicted molar refractivity (Wildman–Crippen MR) is 99.0 cm³/mol. The van der Waals surface area contributed by atoms with Gasteiger partial charge in [0.2, 0.25) is 5.91 Å². The number of carbonyl (C=O) groups is 3. The molecular formula is C21H26NO4-. The molecule has 1 N–H and O–H groups in total. The fourth-order valence-corrected chi connectivity index (χ4v) is 3.30. The van der Waals surface area contributed by atoms with Gasteiger partial charge in [0.25, 0.3) is 0 Å². The number of Topliss-reactive ketones (excluding diaryl/α,β-unsaturated/α-hetero) is 1. The Morgan fingerprint density at radius 2 is 1.85 bits per heavy atom. The number of nitrogens with one attached hydrogen (secondary N) is 1. The van der Waals surface area contributed by atoms with Crippen molar-refractivity contribution < 1.29 is 19.5 Å². The van der Waals surface area contributed by atoms with Crippen LogP contribution in [0.15, 0.2) is 29.8 Å². The van der Waals surface area contributed by atoms with Gasteiger partial charge < -0.3 is 15.2 Å². The van der Waals surface area contributed by atoms with Crippen molar-refractivity contribution in [2.24, 2.45) is 17.8 Å². The average Bonchev–Trinajstić information content (AvgIpc) is 2.58. The Labute approximate surface area is 154 Å². The minimum Gasteiger partial charge on any atom is -0.550 e. The third kappa shape index (κ3) is 5.28. The van der Waals surface area contributed by atoms with Gasteiger partial charge in [-0.3, -0.25) is 9.59 Å². The van der Waals surface area contributed by atoms with Crippen LogP contribution in [-0.4, -0.2) is 17.7 Å². The second-order valence-electron chi connectivity index (χ2n) is 7.34. The molecule has 0 radical (unpaired) electrons. The number of aliphatic carboxylic acids is 1. The highest BCUT2D eigenvalue weighted by Gasteiger charge is 2.32. The normalized spacial score (nSPS) is 21.8. The summed E-state index contributed by atoms with van der Waals surface area (Å²) in [5.41, 5.74) is 2.39. The van der Waals surface area contributed by atoms with E-state index in [0.29, 0.717) is 11.6 Å². The lowest BCUT2D eigenvalue weighted by atomic mass is 9.73. The molecule has 0 saturated heterocycles. The summed E-state index contributed by atoms with van der Waals surface area (Å²) < 4.78 is 0. The molecule has 5 nitrogen and oxygen atoms in total. The van der Waals surface area contributed by atoms with E-state index in [1.54, 1.807) is 12.1 Å². The van der Waals surface area contributed by atoms with Crippen molar-refractivity contribution in [3.63, 3.8) is 0 Å². The van der Waals surface area contributed by atoms with Crippen LogP contribution < -0.4 is 10.4 Å². The number of rotatable bonds is 6. The van der Waals surface area contributed by atoms with E-state index < -0.39 is 5.97 Å². The number of benzene rings is 1. The first-order chi connectivity index (χ1) is 12.3. The summed E-state index contributed by atoms with van der Waals surface area (Å²) in [6, 6.07) is 7.20. The number of carbonyl (C=O) groups excluding carboxylic acids is 3. The maximum Gasteiger partial charge on any atom is 0.224 e. The van der Waals surface area contributed by atoms with Gasteiger partial charge in [0, 0.05) is 24.0 Å². The van der Waals surface area contributed by atoms with E-state index in [2.05, 4.69) is 26.1 Å². The summed E-state index contributed by atoms with van der Waals surface area (Å²) in [7, 11) is 0. The molecule has 1 aromatic rings. The number of allylic oxidation sites excluding steroid dienone is 1. The molecule has 1 aliphatic carbocycles. The Morgan fingerprint density at radius 1 is 1.19 bits per heavy atom. The van der Waals surface area contributed by atoms with Crippen molar-refractivity contribution in [1.82, 2.24) is 0 Å². The van der Waals surface area contributed by atoms with Crippen molar-refractivity contribution in [3.8, 4) is 0 Å². The quantitative estimate of drug-likeness (QED) is 0.794. The molecule has 5 heteroatoms. The lowest BCUT2D eigenvalue weighted by Crippen LogP contribution is -2.30. The molecule has 0 heterocycles. The number of amides is 1. The largest absolute Gasteiger partial charge is 0.550 e. The van der Waals surface area contributed by atoms with Crippen molar-refractivity contribution >= 4 is 29.4 Å². The van der Waals surface area contributed by atoms with Crippen LogP contribution in [0.5, 0.6) is 0 Å². The minimum absolute atomic E-state index is 0.0970. The summed E-state index contributed by atoms with van der Waals surface area (Å²) in [6.45, 7) is 6.27. The standard InChI is InChI=1S/C21H27NO4/c1-13(2)17-9-4-14(3)18(21(17)26)12-15-5-7-16(8-6-15)22-19(23)10-11-20(24)25/h5-8,12-14,17H,4,9-11H2,1-3H3,(H,22,23)(H,24,25)/p-1/t14-,17-/m1/s1. The molecule has 0 bridgehead atoms. The molecule has 0 aliphatic heterocycles. The number of ketones is 1. The minimum atomic E-state index is -1.24. The van der Waals surface area contributed by atoms with Crippen molar-refractivity contribution in [3.05, 3.63) is 35.4 Å². The van der Waals surface area contributed by atoms with Gasteiger partial charge in [0.05, 0.1) is 0 Å². The Hall–Kier alpha value is -2.43. The van der Waals surface area contributed by atoms with Crippen molar-refractivity contribution in [2.45, 2.75) is 46.5 Å². The second kappa shape index (κ2) is 8.79. The number of hydrogen-bond acceptors (Lipinski definition) is 4. The van der Waals surface area contributed by atoms with E-state index in [1.807, 2.05) is 18.2 Å². The Morgan fingerprint density at radius 3 is 2.42 bits per heavy atom. The molecular weight excluding hydrogens is 330 g/mol. The summed E-state index contributed by atoms with van der Waals surface area (Å²) in [5.74, 6) is -0.666. The van der Waals surface area contributed by atoms with E-state index in [-0.39, 0.29) is 36.4 Å². The first kappa shape index (κ1) is 19.9. The molecule has 1 fully saturated rings. The van der Waals surface area contributed by atoms with Crippen LogP contribution in [0.25, 0.3) is 6.08 Å². The molecule has 140 valence electrons. The average molecular weight is 356 g/mol. The van der Waals surface area contributed by atoms with Gasteiger partial charge >= 0.3 is 0 Å². The summed E-state index contributed by atoms with van der Waals surface area (Å²) >= 11 is 0. The lowest BCUT2D eigenvalue weighted by Gasteiger charge is -2.30. The zero-order valence-corrected chi connectivity index (χ0v) is 15.6. The molecule has 1 saturated carbocycles. The maximum atomic E-state index is 12.7. The third-order valence-electron chi connectivity index (χ3n) is 4.94. The zero-order chi connectivity index (χ0) is 19.3. The lowest BCUT2D eigenvalue weighted by molar-refractivity contribution is -0.305. The van der Waals surface area contributed by atoms with Gasteiger partial charge in [-0.15, -0.1) is 0 Å². The molecule has 0 unspecified atom stereocenters. The van der Waals surface area contributed by atoms with Gasteiger partial charge in [-0.1, -0.05) is 32.9 Å². The van der Waals surface area contributed by atoms with Crippen molar-refractivity contribution in [1.29, 1.82) is 0 Å². The molecule has 0 aromatic heterocycles. The fraction of sp³-hybridized carbons (Fsp3) is 0.476. The van der Waals surface area contributed by atoms with Gasteiger partial charge in [0.15, 0.2) is 5.78 Å². The van der Waals surface area contributed by atoms with E-state index in [4.69, 9.17) is 0 Å². The molecule has 1 amide bonds. The molecule has 0 spiro atoms. The highest BCUT2D eigenvalue weighted by atomic mass is 16.4. The van der Waals surface area contributed by atoms with Crippen LogP contribution >= 0.6 is 0 Å². The summed E-state index contributed by atoms with van der Waals surface area (Å²) in [5, 5.41) is 13.0. The zero-order valence-electron chi connectivity index (χ0n) is 15.6. The van der Waals surface area contributed by atoms with Crippen LogP contribution in [-0.2, 0) is 14.4 Å². The van der Waals surface area contributed by atoms with Crippen LogP contribution in [0.1, 0.15) is 52.0 Å². The highest BCUT2D eigenvalue weighted by molar-refractivity contribution is 6.02. The number of hydrogen-bond donors (Lipinski definition) is 1. The SMILES string of the molecule is CC(C)[C@H]1CC[C@@H](C)C(=Cc2ccc(NC(=O)CCC(=O)[O-])cc2)C1=O. The number of carboxylic acid groups (broad SMARTS) is 1. The van der Waals surface area contributed by atoms with Gasteiger partial charge in [-0.05, 0) is 60.4 Å². The molecule has 1 aliphatic rings. The Kier molecular flexibility index (Phi) is 6.72. The summed E-state index contributed by atoms with van der Waals surface area (Å²) in [4.78, 5) is 34.8. The van der Waals surface area contributed by atoms with Gasteiger partial charge in [0.1, 0.15) is 0 Å². The van der Waals surface area contributed by atoms with E-state index >= 15 is 0 Å². The van der Waals surface area contributed by atoms with Crippen LogP contribution in [0, 0.1) is 17.8 Å². The number of carboxylic acids is 1. The molecule has 2 atom stereocenters. The topological polar surface area (TPSA) is 86.3 Å². The maximum absolute atomic E-state index is 12.7. The third-order valence-corrected chi connectivity index (χ3v) is 4.94. The highest BCUT2D eigenvalue weighted by Crippen LogP contribution is 2.35. The molecule has 26 heavy (non-hydrogen) atoms. The van der Waals surface area contributed by atoms with Crippen molar-refractivity contribution in [2.75, 3.05) is 5.32 Å². The van der Waals surface area contributed by atoms with Gasteiger partial charge in [-0.25, -0.2) is 0 Å². The number of anilines is 1. The monoisotopic (exact) mass is 356 g/mol. The second-order valence-corrected chi connectivity index (χ2v) is 7.34. The van der Waals surface area contributed by atoms with Crippen LogP contribution in [0.3, 0.4) is 0 Å². The van der Waals surface area contributed by atoms with Gasteiger partial charge in [-0.2, -0.15) is 0 Å². The van der Waals surface area contributed by atoms with E-state index in [1.165, 1.54) is 0 Å². The molecule has 1 aromatic carbocycles. The summed E-state index contributed by atoms with van der Waals surface area (Å²) in [6.07, 6.45) is 3.51. The van der Waals surface area contributed by atoms with E-state index in [9.17, 15) is 19.5 Å². The fourth-order valence-electron chi connectivity index (χ4n) is 3.30. The first-order valence-corrected chi connectivity index (χ1v) is 9.13. The van der Waals surface area contributed by atoms with Crippen LogP contribution in [0.4, 0.5) is 5.69 Å². The Bertz CT molecular complexity index is 703. The Balaban J connectivity index is 2.07. The first-order valence-electron chi connectivity index (χ1n) is 9.13. The molecule has 2 rings (SSSR count). The predicted octanol–water partition coefficient (Wildman–Crippen LogP) is 2.81.